The van der Waals surface area contributed by atoms with Crippen molar-refractivity contribution in [3.05, 3.63) is 30.1 Å². The standard InChI is InChI=1S/C21H32N4O4/c1-3-24(12-13-26)19(27)15-23-10-7-21(8-11-23)16-25(20(28)17(2)29-21)14-18-6-4-5-9-22-18/h4-6,9,17,26H,3,7-8,10-16H2,1-2H3. The molecule has 2 saturated heterocycles. The molecule has 0 aromatic carbocycles. The molecular formula is C21H32N4O4. The first-order chi connectivity index (χ1) is 14.0. The highest BCUT2D eigenvalue weighted by Crippen LogP contribution is 2.33. The molecule has 0 radical (unpaired) electrons. The van der Waals surface area contributed by atoms with Crippen molar-refractivity contribution >= 4 is 11.8 Å². The van der Waals surface area contributed by atoms with Crippen molar-refractivity contribution in [3.8, 4) is 0 Å². The number of likely N-dealkylation sites (tertiary alicyclic amines) is 1. The monoisotopic (exact) mass is 404 g/mol. The molecule has 3 heterocycles. The van der Waals surface area contributed by atoms with Crippen molar-refractivity contribution in [1.82, 2.24) is 19.7 Å². The molecule has 1 aromatic heterocycles. The fraction of sp³-hybridized carbons (Fsp3) is 0.667. The minimum atomic E-state index is -0.471. The average Bonchev–Trinajstić information content (AvgIpc) is 2.72. The number of pyridine rings is 1. The molecule has 2 amide bonds. The molecule has 1 N–H and O–H groups in total. The molecule has 1 unspecified atom stereocenters. The molecule has 160 valence electrons. The van der Waals surface area contributed by atoms with Crippen LogP contribution in [0.5, 0.6) is 0 Å². The molecule has 2 aliphatic heterocycles. The number of aromatic nitrogens is 1. The van der Waals surface area contributed by atoms with Gasteiger partial charge in [-0.05, 0) is 38.8 Å². The zero-order chi connectivity index (χ0) is 20.9. The Hall–Kier alpha value is -2.03. The van der Waals surface area contributed by atoms with E-state index in [2.05, 4.69) is 9.88 Å². The second kappa shape index (κ2) is 9.65. The van der Waals surface area contributed by atoms with Crippen molar-refractivity contribution in [2.45, 2.75) is 44.9 Å². The van der Waals surface area contributed by atoms with Gasteiger partial charge in [0.1, 0.15) is 6.10 Å². The lowest BCUT2D eigenvalue weighted by Crippen LogP contribution is -2.61. The summed E-state index contributed by atoms with van der Waals surface area (Å²) in [5.74, 6) is 0.0452. The van der Waals surface area contributed by atoms with Gasteiger partial charge in [0.15, 0.2) is 0 Å². The van der Waals surface area contributed by atoms with E-state index in [0.717, 1.165) is 31.6 Å². The van der Waals surface area contributed by atoms with E-state index in [9.17, 15) is 9.59 Å². The predicted octanol–water partition coefficient (Wildman–Crippen LogP) is 0.504. The Morgan fingerprint density at radius 1 is 1.38 bits per heavy atom. The maximum atomic E-state index is 12.6. The minimum absolute atomic E-state index is 0.00137. The van der Waals surface area contributed by atoms with Gasteiger partial charge in [0.2, 0.25) is 5.91 Å². The molecule has 0 aliphatic carbocycles. The number of ether oxygens (including phenoxy) is 1. The lowest BCUT2D eigenvalue weighted by atomic mass is 9.88. The van der Waals surface area contributed by atoms with Crippen molar-refractivity contribution in [2.75, 3.05) is 45.9 Å². The Morgan fingerprint density at radius 3 is 2.76 bits per heavy atom. The normalized spacial score (nSPS) is 22.1. The highest BCUT2D eigenvalue weighted by Gasteiger charge is 2.45. The van der Waals surface area contributed by atoms with Gasteiger partial charge in [-0.3, -0.25) is 19.5 Å². The highest BCUT2D eigenvalue weighted by atomic mass is 16.5. The maximum absolute atomic E-state index is 12.6. The van der Waals surface area contributed by atoms with E-state index < -0.39 is 6.10 Å². The number of rotatable bonds is 7. The summed E-state index contributed by atoms with van der Waals surface area (Å²) in [5.41, 5.74) is 0.508. The van der Waals surface area contributed by atoms with Crippen LogP contribution < -0.4 is 0 Å². The third-order valence-corrected chi connectivity index (χ3v) is 5.87. The molecule has 3 rings (SSSR count). The maximum Gasteiger partial charge on any atom is 0.251 e. The molecule has 0 bridgehead atoms. The Bertz CT molecular complexity index is 691. The van der Waals surface area contributed by atoms with Gasteiger partial charge in [0, 0.05) is 32.4 Å². The van der Waals surface area contributed by atoms with E-state index >= 15 is 0 Å². The Kier molecular flexibility index (Phi) is 7.21. The minimum Gasteiger partial charge on any atom is -0.395 e. The van der Waals surface area contributed by atoms with Crippen LogP contribution in [-0.4, -0.2) is 94.2 Å². The molecule has 8 nitrogen and oxygen atoms in total. The number of amides is 2. The number of hydrogen-bond donors (Lipinski definition) is 1. The third-order valence-electron chi connectivity index (χ3n) is 5.87. The topological polar surface area (TPSA) is 86.2 Å². The number of likely N-dealkylation sites (N-methyl/N-ethyl adjacent to an activating group) is 1. The van der Waals surface area contributed by atoms with Crippen LogP contribution in [0.15, 0.2) is 24.4 Å². The fourth-order valence-electron chi connectivity index (χ4n) is 4.23. The van der Waals surface area contributed by atoms with E-state index in [0.29, 0.717) is 32.7 Å². The number of morpholine rings is 1. The number of hydrogen-bond acceptors (Lipinski definition) is 6. The molecule has 1 atom stereocenters. The van der Waals surface area contributed by atoms with Crippen LogP contribution in [0.25, 0.3) is 0 Å². The van der Waals surface area contributed by atoms with Gasteiger partial charge < -0.3 is 19.6 Å². The van der Waals surface area contributed by atoms with Crippen LogP contribution >= 0.6 is 0 Å². The fourth-order valence-corrected chi connectivity index (χ4v) is 4.23. The molecule has 0 saturated carbocycles. The second-order valence-corrected chi connectivity index (χ2v) is 7.93. The first-order valence-corrected chi connectivity index (χ1v) is 10.4. The van der Waals surface area contributed by atoms with Crippen LogP contribution in [-0.2, 0) is 20.9 Å². The molecule has 29 heavy (non-hydrogen) atoms. The Labute approximate surface area is 172 Å². The van der Waals surface area contributed by atoms with E-state index in [1.54, 1.807) is 11.1 Å². The Balaban J connectivity index is 1.58. The molecule has 2 aliphatic rings. The number of aliphatic hydroxyl groups is 1. The summed E-state index contributed by atoms with van der Waals surface area (Å²) in [7, 11) is 0. The predicted molar refractivity (Wildman–Crippen MR) is 108 cm³/mol. The van der Waals surface area contributed by atoms with Gasteiger partial charge in [0.25, 0.3) is 5.91 Å². The lowest BCUT2D eigenvalue weighted by molar-refractivity contribution is -0.191. The average molecular weight is 405 g/mol. The van der Waals surface area contributed by atoms with Gasteiger partial charge >= 0.3 is 0 Å². The molecule has 1 spiro atoms. The summed E-state index contributed by atoms with van der Waals surface area (Å²) < 4.78 is 6.19. The molecule has 8 heteroatoms. The highest BCUT2D eigenvalue weighted by molar-refractivity contribution is 5.81. The van der Waals surface area contributed by atoms with Crippen LogP contribution in [0.2, 0.25) is 0 Å². The number of carbonyl (C=O) groups is 2. The number of piperidine rings is 1. The summed E-state index contributed by atoms with van der Waals surface area (Å²) in [4.78, 5) is 35.1. The first kappa shape index (κ1) is 21.7. The second-order valence-electron chi connectivity index (χ2n) is 7.93. The van der Waals surface area contributed by atoms with Gasteiger partial charge in [-0.1, -0.05) is 6.07 Å². The molecule has 1 aromatic rings. The van der Waals surface area contributed by atoms with E-state index in [1.165, 1.54) is 0 Å². The Morgan fingerprint density at radius 2 is 2.14 bits per heavy atom. The quantitative estimate of drug-likeness (QED) is 0.713. The van der Waals surface area contributed by atoms with Gasteiger partial charge in [-0.2, -0.15) is 0 Å². The third kappa shape index (κ3) is 5.32. The summed E-state index contributed by atoms with van der Waals surface area (Å²) in [5, 5.41) is 9.10. The van der Waals surface area contributed by atoms with Crippen molar-refractivity contribution in [3.63, 3.8) is 0 Å². The molecule has 2 fully saturated rings. The van der Waals surface area contributed by atoms with E-state index in [1.807, 2.05) is 36.9 Å². The van der Waals surface area contributed by atoms with E-state index in [-0.39, 0.29) is 24.0 Å². The van der Waals surface area contributed by atoms with Crippen molar-refractivity contribution in [2.24, 2.45) is 0 Å². The number of aliphatic hydroxyl groups excluding tert-OH is 1. The van der Waals surface area contributed by atoms with Crippen LogP contribution in [0.3, 0.4) is 0 Å². The van der Waals surface area contributed by atoms with Crippen molar-refractivity contribution in [1.29, 1.82) is 0 Å². The number of nitrogens with zero attached hydrogens (tertiary/aromatic N) is 4. The van der Waals surface area contributed by atoms with Crippen LogP contribution in [0.4, 0.5) is 0 Å². The summed E-state index contributed by atoms with van der Waals surface area (Å²) >= 11 is 0. The van der Waals surface area contributed by atoms with Crippen LogP contribution in [0.1, 0.15) is 32.4 Å². The first-order valence-electron chi connectivity index (χ1n) is 10.4. The largest absolute Gasteiger partial charge is 0.395 e. The van der Waals surface area contributed by atoms with E-state index in [4.69, 9.17) is 9.84 Å². The van der Waals surface area contributed by atoms with Crippen molar-refractivity contribution < 1.29 is 19.4 Å². The smallest absolute Gasteiger partial charge is 0.251 e. The molecular weight excluding hydrogens is 372 g/mol. The summed E-state index contributed by atoms with van der Waals surface area (Å²) in [6.07, 6.45) is 2.83. The summed E-state index contributed by atoms with van der Waals surface area (Å²) in [6, 6.07) is 5.73. The summed E-state index contributed by atoms with van der Waals surface area (Å²) in [6.45, 7) is 7.60. The van der Waals surface area contributed by atoms with Crippen LogP contribution in [0, 0.1) is 0 Å². The lowest BCUT2D eigenvalue weighted by Gasteiger charge is -2.49. The zero-order valence-corrected chi connectivity index (χ0v) is 17.4. The van der Waals surface area contributed by atoms with Gasteiger partial charge in [-0.15, -0.1) is 0 Å². The van der Waals surface area contributed by atoms with Gasteiger partial charge in [0.05, 0.1) is 37.5 Å². The zero-order valence-electron chi connectivity index (χ0n) is 17.4. The van der Waals surface area contributed by atoms with Gasteiger partial charge in [-0.25, -0.2) is 0 Å². The number of carbonyl (C=O) groups excluding carboxylic acids is 2. The SMILES string of the molecule is CCN(CCO)C(=O)CN1CCC2(CC1)CN(Cc1ccccn1)C(=O)C(C)O2.